The summed E-state index contributed by atoms with van der Waals surface area (Å²) in [6, 6.07) is 42.9. The number of ether oxygens (including phenoxy) is 7. The van der Waals surface area contributed by atoms with Crippen LogP contribution >= 0.6 is 0 Å². The van der Waals surface area contributed by atoms with Gasteiger partial charge in [-0.05, 0) is 138 Å². The molecule has 4 aromatic carbocycles. The zero-order valence-electron chi connectivity index (χ0n) is 62.7. The highest BCUT2D eigenvalue weighted by Crippen LogP contribution is 2.34. The molecule has 100 heavy (non-hydrogen) atoms. The molecule has 0 unspecified atom stereocenters. The minimum atomic E-state index is 0.286. The Bertz CT molecular complexity index is 2910. The van der Waals surface area contributed by atoms with Gasteiger partial charge in [-0.25, -0.2) is 4.98 Å². The molecule has 0 saturated carbocycles. The molecule has 3 aromatic heterocycles. The number of unbranched alkanes of at least 4 members (excludes halogenated alkanes) is 36. The Hall–Kier alpha value is -7.07. The second kappa shape index (κ2) is 52.0. The lowest BCUT2D eigenvalue weighted by Crippen LogP contribution is -2.04. The third kappa shape index (κ3) is 34.5. The molecule has 0 N–H and O–H groups in total. The monoisotopic (exact) mass is 1360 g/mol. The van der Waals surface area contributed by atoms with Gasteiger partial charge in [0.15, 0.2) is 0 Å². The minimum Gasteiger partial charge on any atom is -0.493 e. The summed E-state index contributed by atoms with van der Waals surface area (Å²) in [7, 11) is 0. The van der Waals surface area contributed by atoms with E-state index in [1.807, 2.05) is 54.6 Å². The second-order valence-corrected chi connectivity index (χ2v) is 28.0. The maximum atomic E-state index is 6.81. The first-order chi connectivity index (χ1) is 49.5. The van der Waals surface area contributed by atoms with Crippen LogP contribution in [0.25, 0.3) is 33.9 Å². The van der Waals surface area contributed by atoms with Crippen molar-refractivity contribution in [2.45, 2.75) is 304 Å². The molecule has 0 bridgehead atoms. The van der Waals surface area contributed by atoms with Gasteiger partial charge in [0.05, 0.1) is 49.2 Å². The Morgan fingerprint density at radius 1 is 0.220 bits per heavy atom. The average molecular weight is 1370 g/mol. The van der Waals surface area contributed by atoms with Crippen molar-refractivity contribution < 1.29 is 33.2 Å². The largest absolute Gasteiger partial charge is 0.493 e. The standard InChI is InChI=1S/C90H129N3O7/c1-5-9-13-17-21-25-29-33-37-45-57-94-81-61-75(62-82(69-81)95-58-46-38-34-30-26-22-18-14-10-6-2)73-99-85-65-77(72-98-80-53-51-78(52-54-80)79-67-89(87-49-41-43-55-91-87)93-90(68-79)88-50-42-44-56-92-88)66-86(71-85)100-74-76-63-83(96-59-47-39-35-31-27-23-19-15-11-7-3)70-84(64-76)97-60-48-40-36-32-28-24-20-16-12-8-4/h41-44,49-56,61-71H,5-40,45-48,57-60,72-74H2,1-4H3. The van der Waals surface area contributed by atoms with Crippen LogP contribution in [-0.2, 0) is 19.8 Å². The SMILES string of the molecule is CCCCCCCCCCCCOc1cc(COc2cc(COc3ccc(-c4cc(-c5ccccn5)nc(-c5ccccn5)c4)cc3)cc(OCc3cc(OCCCCCCCCCCCC)cc(OCCCCCCCCCCCC)c3)c2)cc(OCCCCCCCCCCCC)c1. The van der Waals surface area contributed by atoms with Gasteiger partial charge >= 0.3 is 0 Å². The predicted octanol–water partition coefficient (Wildman–Crippen LogP) is 26.8. The van der Waals surface area contributed by atoms with Crippen molar-refractivity contribution in [2.75, 3.05) is 26.4 Å². The van der Waals surface area contributed by atoms with Crippen LogP contribution in [0.3, 0.4) is 0 Å². The van der Waals surface area contributed by atoms with Gasteiger partial charge in [0.2, 0.25) is 0 Å². The molecule has 0 saturated heterocycles. The number of nitrogens with zero attached hydrogens (tertiary/aromatic N) is 3. The van der Waals surface area contributed by atoms with Crippen LogP contribution in [0, 0.1) is 0 Å². The van der Waals surface area contributed by atoms with Crippen LogP contribution in [0.15, 0.2) is 140 Å². The summed E-state index contributed by atoms with van der Waals surface area (Å²) in [4.78, 5) is 14.3. The van der Waals surface area contributed by atoms with E-state index in [2.05, 4.69) is 110 Å². The Balaban J connectivity index is 1.07. The number of benzene rings is 4. The molecule has 0 radical (unpaired) electrons. The molecule has 0 spiro atoms. The quantitative estimate of drug-likeness (QED) is 0.0342. The Kier molecular flexibility index (Phi) is 41.7. The van der Waals surface area contributed by atoms with Crippen molar-refractivity contribution in [3.63, 3.8) is 0 Å². The first-order valence-corrected chi connectivity index (χ1v) is 40.2. The zero-order chi connectivity index (χ0) is 69.8. The van der Waals surface area contributed by atoms with Gasteiger partial charge in [-0.15, -0.1) is 0 Å². The van der Waals surface area contributed by atoms with Crippen molar-refractivity contribution in [3.05, 3.63) is 156 Å². The maximum Gasteiger partial charge on any atom is 0.123 e. The van der Waals surface area contributed by atoms with E-state index in [0.717, 1.165) is 105 Å². The van der Waals surface area contributed by atoms with E-state index >= 15 is 0 Å². The van der Waals surface area contributed by atoms with Crippen molar-refractivity contribution in [2.24, 2.45) is 0 Å². The van der Waals surface area contributed by atoms with Crippen molar-refractivity contribution in [1.82, 2.24) is 15.0 Å². The van der Waals surface area contributed by atoms with E-state index in [4.69, 9.17) is 38.1 Å². The van der Waals surface area contributed by atoms with Gasteiger partial charge in [0, 0.05) is 30.6 Å². The molecule has 0 aliphatic heterocycles. The van der Waals surface area contributed by atoms with Gasteiger partial charge in [0.1, 0.15) is 60.1 Å². The van der Waals surface area contributed by atoms with Crippen LogP contribution in [-0.4, -0.2) is 41.4 Å². The molecule has 10 nitrogen and oxygen atoms in total. The van der Waals surface area contributed by atoms with Crippen LogP contribution in [0.2, 0.25) is 0 Å². The summed E-state index contributed by atoms with van der Waals surface area (Å²) in [5.41, 5.74) is 8.07. The van der Waals surface area contributed by atoms with E-state index in [1.165, 1.54) is 231 Å². The highest BCUT2D eigenvalue weighted by atomic mass is 16.5. The smallest absolute Gasteiger partial charge is 0.123 e. The molecule has 0 aliphatic rings. The number of hydrogen-bond donors (Lipinski definition) is 0. The topological polar surface area (TPSA) is 103 Å². The Morgan fingerprint density at radius 2 is 0.480 bits per heavy atom. The van der Waals surface area contributed by atoms with E-state index < -0.39 is 0 Å². The first kappa shape index (κ1) is 80.2. The fourth-order valence-electron chi connectivity index (χ4n) is 13.0. The highest BCUT2D eigenvalue weighted by molar-refractivity contribution is 5.75. The van der Waals surface area contributed by atoms with Gasteiger partial charge < -0.3 is 33.2 Å². The average Bonchev–Trinajstić information content (AvgIpc) is 0.811. The first-order valence-electron chi connectivity index (χ1n) is 40.2. The molecule has 0 fully saturated rings. The van der Waals surface area contributed by atoms with E-state index in [0.29, 0.717) is 51.1 Å². The fourth-order valence-corrected chi connectivity index (χ4v) is 13.0. The van der Waals surface area contributed by atoms with Crippen LogP contribution in [0.4, 0.5) is 0 Å². The number of pyridine rings is 3. The highest BCUT2D eigenvalue weighted by Gasteiger charge is 2.14. The number of aromatic nitrogens is 3. The zero-order valence-corrected chi connectivity index (χ0v) is 62.7. The van der Waals surface area contributed by atoms with Crippen LogP contribution in [0.5, 0.6) is 40.2 Å². The molecule has 10 heteroatoms. The molecule has 7 rings (SSSR count). The Labute approximate surface area is 606 Å². The summed E-state index contributed by atoms with van der Waals surface area (Å²) in [5.74, 6) is 5.37. The van der Waals surface area contributed by atoms with E-state index in [-0.39, 0.29) is 6.61 Å². The van der Waals surface area contributed by atoms with E-state index in [1.54, 1.807) is 12.4 Å². The third-order valence-electron chi connectivity index (χ3n) is 19.0. The summed E-state index contributed by atoms with van der Waals surface area (Å²) in [6.45, 7) is 12.8. The van der Waals surface area contributed by atoms with Gasteiger partial charge in [0.25, 0.3) is 0 Å². The lowest BCUT2D eigenvalue weighted by molar-refractivity contribution is 0.273. The molecule has 7 aromatic rings. The van der Waals surface area contributed by atoms with Crippen molar-refractivity contribution in [1.29, 1.82) is 0 Å². The van der Waals surface area contributed by atoms with Gasteiger partial charge in [-0.2, -0.15) is 0 Å². The summed E-state index contributed by atoms with van der Waals surface area (Å²) < 4.78 is 46.3. The van der Waals surface area contributed by atoms with E-state index in [9.17, 15) is 0 Å². The molecule has 0 amide bonds. The van der Waals surface area contributed by atoms with Crippen LogP contribution in [0.1, 0.15) is 301 Å². The maximum absolute atomic E-state index is 6.81. The third-order valence-corrected chi connectivity index (χ3v) is 19.0. The minimum absolute atomic E-state index is 0.286. The molecular weight excluding hydrogens is 1240 g/mol. The fraction of sp³-hybridized carbons (Fsp3) is 0.567. The lowest BCUT2D eigenvalue weighted by Gasteiger charge is -2.16. The molecule has 0 atom stereocenters. The molecule has 546 valence electrons. The summed E-state index contributed by atoms with van der Waals surface area (Å²) >= 11 is 0. The lowest BCUT2D eigenvalue weighted by atomic mass is 10.0. The summed E-state index contributed by atoms with van der Waals surface area (Å²) in [5, 5.41) is 0. The summed E-state index contributed by atoms with van der Waals surface area (Å²) in [6.07, 6.45) is 55.0. The molecule has 3 heterocycles. The van der Waals surface area contributed by atoms with Gasteiger partial charge in [-0.3, -0.25) is 9.97 Å². The van der Waals surface area contributed by atoms with Crippen molar-refractivity contribution in [3.8, 4) is 74.1 Å². The molecular formula is C90H129N3O7. The number of hydrogen-bond acceptors (Lipinski definition) is 10. The Morgan fingerprint density at radius 3 is 0.750 bits per heavy atom. The normalized spacial score (nSPS) is 11.3. The second-order valence-electron chi connectivity index (χ2n) is 28.0. The van der Waals surface area contributed by atoms with Crippen LogP contribution < -0.4 is 33.2 Å². The van der Waals surface area contributed by atoms with Crippen molar-refractivity contribution >= 4 is 0 Å². The van der Waals surface area contributed by atoms with Gasteiger partial charge in [-0.1, -0.05) is 283 Å². The number of rotatable bonds is 60. The predicted molar refractivity (Wildman–Crippen MR) is 418 cm³/mol. The molecule has 0 aliphatic carbocycles.